The van der Waals surface area contributed by atoms with Crippen molar-refractivity contribution >= 4 is 17.6 Å². The molecule has 1 atom stereocenters. The molecule has 0 saturated carbocycles. The van der Waals surface area contributed by atoms with Crippen molar-refractivity contribution in [3.8, 4) is 5.75 Å². The molecule has 138 valence electrons. The Balaban J connectivity index is 1.58. The van der Waals surface area contributed by atoms with Gasteiger partial charge in [-0.2, -0.15) is 0 Å². The Kier molecular flexibility index (Phi) is 4.18. The number of ether oxygens (including phenoxy) is 2. The van der Waals surface area contributed by atoms with Gasteiger partial charge < -0.3 is 14.8 Å². The molecule has 0 aliphatic carbocycles. The van der Waals surface area contributed by atoms with E-state index in [0.717, 1.165) is 11.3 Å². The molecule has 1 fully saturated rings. The molecule has 1 saturated heterocycles. The van der Waals surface area contributed by atoms with E-state index in [1.807, 2.05) is 6.07 Å². The van der Waals surface area contributed by atoms with Crippen molar-refractivity contribution in [3.63, 3.8) is 0 Å². The van der Waals surface area contributed by atoms with Crippen LogP contribution < -0.4 is 10.1 Å². The highest BCUT2D eigenvalue weighted by Crippen LogP contribution is 2.40. The molecule has 5 nitrogen and oxygen atoms in total. The van der Waals surface area contributed by atoms with Gasteiger partial charge in [-0.25, -0.2) is 9.18 Å². The Labute approximate surface area is 155 Å². The number of aryl methyl sites for hydroxylation is 1. The number of fused-ring (bicyclic) bond motifs is 1. The lowest BCUT2D eigenvalue weighted by Crippen LogP contribution is -2.33. The predicted octanol–water partition coefficient (Wildman–Crippen LogP) is 3.49. The number of benzene rings is 2. The van der Waals surface area contributed by atoms with Crippen LogP contribution in [-0.4, -0.2) is 18.5 Å². The standard InChI is InChI=1S/C21H18FNO4/c1-13-11-21(27-20(13)25,15-3-5-16(22)6-4-15)12-26-17-7-8-18-14(10-17)2-9-19(24)23-18/h3-8,10H,1-2,9,11-12H2,(H,23,24). The van der Waals surface area contributed by atoms with E-state index in [4.69, 9.17) is 9.47 Å². The van der Waals surface area contributed by atoms with Crippen molar-refractivity contribution in [2.24, 2.45) is 0 Å². The smallest absolute Gasteiger partial charge is 0.334 e. The van der Waals surface area contributed by atoms with Gasteiger partial charge in [0.15, 0.2) is 5.60 Å². The molecular formula is C21H18FNO4. The highest BCUT2D eigenvalue weighted by Gasteiger charge is 2.45. The van der Waals surface area contributed by atoms with Crippen molar-refractivity contribution in [3.05, 3.63) is 71.6 Å². The van der Waals surface area contributed by atoms with E-state index < -0.39 is 11.6 Å². The van der Waals surface area contributed by atoms with E-state index in [1.165, 1.54) is 12.1 Å². The number of amides is 1. The largest absolute Gasteiger partial charge is 0.489 e. The number of hydrogen-bond acceptors (Lipinski definition) is 4. The minimum atomic E-state index is -1.04. The summed E-state index contributed by atoms with van der Waals surface area (Å²) in [5.41, 5.74) is 1.76. The Morgan fingerprint density at radius 1 is 1.15 bits per heavy atom. The van der Waals surface area contributed by atoms with E-state index in [9.17, 15) is 14.0 Å². The van der Waals surface area contributed by atoms with Crippen molar-refractivity contribution in [1.29, 1.82) is 0 Å². The van der Waals surface area contributed by atoms with Gasteiger partial charge in [-0.15, -0.1) is 0 Å². The molecule has 1 unspecified atom stereocenters. The SMILES string of the molecule is C=C1CC(COc2ccc3c(c2)CCC(=O)N3)(c2ccc(F)cc2)OC1=O. The average Bonchev–Trinajstić information content (AvgIpc) is 2.95. The summed E-state index contributed by atoms with van der Waals surface area (Å²) in [6, 6.07) is 11.3. The molecule has 0 radical (unpaired) electrons. The first-order chi connectivity index (χ1) is 12.9. The summed E-state index contributed by atoms with van der Waals surface area (Å²) in [5.74, 6) is -0.228. The first-order valence-electron chi connectivity index (χ1n) is 8.68. The molecule has 2 aliphatic rings. The zero-order valence-corrected chi connectivity index (χ0v) is 14.6. The van der Waals surface area contributed by atoms with Crippen LogP contribution >= 0.6 is 0 Å². The van der Waals surface area contributed by atoms with Crippen LogP contribution in [0.1, 0.15) is 24.0 Å². The monoisotopic (exact) mass is 367 g/mol. The van der Waals surface area contributed by atoms with E-state index in [-0.39, 0.29) is 24.8 Å². The molecule has 6 heteroatoms. The Morgan fingerprint density at radius 3 is 2.63 bits per heavy atom. The Morgan fingerprint density at radius 2 is 1.93 bits per heavy atom. The van der Waals surface area contributed by atoms with Crippen LogP contribution in [0.25, 0.3) is 0 Å². The minimum Gasteiger partial charge on any atom is -0.489 e. The lowest BCUT2D eigenvalue weighted by atomic mass is 9.90. The highest BCUT2D eigenvalue weighted by molar-refractivity contribution is 5.94. The molecule has 4 rings (SSSR count). The molecule has 27 heavy (non-hydrogen) atoms. The Hall–Kier alpha value is -3.15. The number of rotatable bonds is 4. The predicted molar refractivity (Wildman–Crippen MR) is 96.8 cm³/mol. The average molecular weight is 367 g/mol. The molecule has 2 aromatic rings. The number of nitrogens with one attached hydrogen (secondary N) is 1. The second-order valence-corrected chi connectivity index (χ2v) is 6.83. The van der Waals surface area contributed by atoms with Gasteiger partial charge in [0.25, 0.3) is 0 Å². The van der Waals surface area contributed by atoms with Crippen LogP contribution in [0.15, 0.2) is 54.6 Å². The molecule has 2 aromatic carbocycles. The first kappa shape index (κ1) is 17.3. The molecule has 0 bridgehead atoms. The summed E-state index contributed by atoms with van der Waals surface area (Å²) in [5, 5.41) is 2.82. The zero-order valence-electron chi connectivity index (χ0n) is 14.6. The number of hydrogen-bond donors (Lipinski definition) is 1. The lowest BCUT2D eigenvalue weighted by molar-refractivity contribution is -0.150. The second kappa shape index (κ2) is 6.54. The quantitative estimate of drug-likeness (QED) is 0.664. The van der Waals surface area contributed by atoms with Crippen LogP contribution in [0.5, 0.6) is 5.75 Å². The lowest BCUT2D eigenvalue weighted by Gasteiger charge is -2.28. The van der Waals surface area contributed by atoms with Crippen molar-refractivity contribution in [2.45, 2.75) is 24.9 Å². The number of halogens is 1. The van der Waals surface area contributed by atoms with Crippen LogP contribution in [0.4, 0.5) is 10.1 Å². The van der Waals surface area contributed by atoms with Gasteiger partial charge >= 0.3 is 5.97 Å². The van der Waals surface area contributed by atoms with Gasteiger partial charge in [0.1, 0.15) is 18.2 Å². The maximum atomic E-state index is 13.3. The summed E-state index contributed by atoms with van der Waals surface area (Å²) in [6.07, 6.45) is 1.36. The fourth-order valence-corrected chi connectivity index (χ4v) is 3.43. The summed E-state index contributed by atoms with van der Waals surface area (Å²) >= 11 is 0. The van der Waals surface area contributed by atoms with E-state index in [0.29, 0.717) is 29.7 Å². The van der Waals surface area contributed by atoms with Crippen molar-refractivity contribution in [2.75, 3.05) is 11.9 Å². The highest BCUT2D eigenvalue weighted by atomic mass is 19.1. The van der Waals surface area contributed by atoms with Gasteiger partial charge in [-0.3, -0.25) is 4.79 Å². The number of cyclic esters (lactones) is 1. The van der Waals surface area contributed by atoms with Gasteiger partial charge in [0.05, 0.1) is 0 Å². The Bertz CT molecular complexity index is 920. The summed E-state index contributed by atoms with van der Waals surface area (Å²) < 4.78 is 24.8. The van der Waals surface area contributed by atoms with Crippen LogP contribution in [0.3, 0.4) is 0 Å². The molecule has 1 amide bonds. The number of carbonyl (C=O) groups excluding carboxylic acids is 2. The third kappa shape index (κ3) is 3.30. The summed E-state index contributed by atoms with van der Waals surface area (Å²) in [6.45, 7) is 3.83. The minimum absolute atomic E-state index is 0.00260. The zero-order chi connectivity index (χ0) is 19.0. The topological polar surface area (TPSA) is 64.6 Å². The number of anilines is 1. The maximum absolute atomic E-state index is 13.3. The second-order valence-electron chi connectivity index (χ2n) is 6.83. The normalized spacial score (nSPS) is 21.4. The molecule has 2 heterocycles. The van der Waals surface area contributed by atoms with E-state index in [2.05, 4.69) is 11.9 Å². The third-order valence-corrected chi connectivity index (χ3v) is 4.89. The molecule has 0 spiro atoms. The molecule has 0 aromatic heterocycles. The third-order valence-electron chi connectivity index (χ3n) is 4.89. The van der Waals surface area contributed by atoms with E-state index in [1.54, 1.807) is 24.3 Å². The van der Waals surface area contributed by atoms with Crippen LogP contribution in [-0.2, 0) is 26.3 Å². The van der Waals surface area contributed by atoms with Gasteiger partial charge in [-0.1, -0.05) is 18.7 Å². The molecule has 1 N–H and O–H groups in total. The first-order valence-corrected chi connectivity index (χ1v) is 8.68. The van der Waals surface area contributed by atoms with Crippen molar-refractivity contribution < 1.29 is 23.5 Å². The summed E-state index contributed by atoms with van der Waals surface area (Å²) in [7, 11) is 0. The van der Waals surface area contributed by atoms with Gasteiger partial charge in [-0.05, 0) is 47.9 Å². The fraction of sp³-hybridized carbons (Fsp3) is 0.238. The van der Waals surface area contributed by atoms with Crippen LogP contribution in [0.2, 0.25) is 0 Å². The fourth-order valence-electron chi connectivity index (χ4n) is 3.43. The number of carbonyl (C=O) groups is 2. The van der Waals surface area contributed by atoms with E-state index >= 15 is 0 Å². The van der Waals surface area contributed by atoms with Crippen molar-refractivity contribution in [1.82, 2.24) is 0 Å². The maximum Gasteiger partial charge on any atom is 0.334 e. The van der Waals surface area contributed by atoms with Crippen LogP contribution in [0, 0.1) is 5.82 Å². The summed E-state index contributed by atoms with van der Waals surface area (Å²) in [4.78, 5) is 23.4. The molecule has 2 aliphatic heterocycles. The van der Waals surface area contributed by atoms with Gasteiger partial charge in [0.2, 0.25) is 5.91 Å². The number of esters is 1. The van der Waals surface area contributed by atoms with Gasteiger partial charge in [0, 0.05) is 24.1 Å². The molecular weight excluding hydrogens is 349 g/mol.